The van der Waals surface area contributed by atoms with Crippen molar-refractivity contribution in [2.75, 3.05) is 7.11 Å². The van der Waals surface area contributed by atoms with Crippen molar-refractivity contribution in [3.63, 3.8) is 0 Å². The first kappa shape index (κ1) is 16.7. The van der Waals surface area contributed by atoms with Gasteiger partial charge in [-0.1, -0.05) is 6.07 Å². The molecule has 2 N–H and O–H groups in total. The molecule has 0 spiro atoms. The fourth-order valence-electron chi connectivity index (χ4n) is 2.26. The maximum absolute atomic E-state index is 12.3. The van der Waals surface area contributed by atoms with Gasteiger partial charge in [0.25, 0.3) is 5.91 Å². The smallest absolute Gasteiger partial charge is 0.258 e. The quantitative estimate of drug-likeness (QED) is 0.706. The first-order valence-corrected chi connectivity index (χ1v) is 8.94. The summed E-state index contributed by atoms with van der Waals surface area (Å²) in [4.78, 5) is 15.0. The molecule has 0 aromatic carbocycles. The highest BCUT2D eigenvalue weighted by molar-refractivity contribution is 7.12. The highest BCUT2D eigenvalue weighted by atomic mass is 32.1. The van der Waals surface area contributed by atoms with Crippen molar-refractivity contribution in [3.05, 3.63) is 56.0 Å². The van der Waals surface area contributed by atoms with E-state index in [1.54, 1.807) is 13.2 Å². The third kappa shape index (κ3) is 3.50. The predicted octanol–water partition coefficient (Wildman–Crippen LogP) is 2.56. The zero-order chi connectivity index (χ0) is 17.1. The van der Waals surface area contributed by atoms with Crippen molar-refractivity contribution in [2.24, 2.45) is 7.05 Å². The van der Waals surface area contributed by atoms with Gasteiger partial charge in [-0.25, -0.2) is 0 Å². The Morgan fingerprint density at radius 1 is 1.42 bits per heavy atom. The second-order valence-corrected chi connectivity index (χ2v) is 7.31. The molecule has 24 heavy (non-hydrogen) atoms. The predicted molar refractivity (Wildman–Crippen MR) is 93.6 cm³/mol. The van der Waals surface area contributed by atoms with Crippen LogP contribution in [0.2, 0.25) is 0 Å². The molecule has 1 amide bonds. The van der Waals surface area contributed by atoms with Gasteiger partial charge < -0.3 is 15.2 Å². The third-order valence-electron chi connectivity index (χ3n) is 3.42. The molecule has 126 valence electrons. The van der Waals surface area contributed by atoms with Gasteiger partial charge in [0.05, 0.1) is 13.7 Å². The van der Waals surface area contributed by atoms with E-state index in [1.165, 1.54) is 34.5 Å². The molecular formula is C16H17N3O3S2. The molecule has 0 radical (unpaired) electrons. The van der Waals surface area contributed by atoms with E-state index in [4.69, 9.17) is 4.74 Å². The summed E-state index contributed by atoms with van der Waals surface area (Å²) in [7, 11) is 3.22. The van der Waals surface area contributed by atoms with E-state index in [0.29, 0.717) is 18.0 Å². The van der Waals surface area contributed by atoms with E-state index in [1.807, 2.05) is 29.6 Å². The van der Waals surface area contributed by atoms with Crippen LogP contribution in [0.1, 0.15) is 31.1 Å². The molecule has 3 heterocycles. The Morgan fingerprint density at radius 3 is 2.96 bits per heavy atom. The number of amides is 1. The van der Waals surface area contributed by atoms with Gasteiger partial charge in [0.2, 0.25) is 5.88 Å². The minimum atomic E-state index is -0.613. The minimum Gasteiger partial charge on any atom is -0.479 e. The maximum atomic E-state index is 12.3. The summed E-state index contributed by atoms with van der Waals surface area (Å²) in [5.41, 5.74) is 0.399. The van der Waals surface area contributed by atoms with Gasteiger partial charge in [-0.2, -0.15) is 0 Å². The van der Waals surface area contributed by atoms with Crippen LogP contribution in [0.4, 0.5) is 0 Å². The van der Waals surface area contributed by atoms with Gasteiger partial charge >= 0.3 is 0 Å². The largest absolute Gasteiger partial charge is 0.479 e. The van der Waals surface area contributed by atoms with Crippen molar-refractivity contribution in [1.29, 1.82) is 0 Å². The van der Waals surface area contributed by atoms with Gasteiger partial charge in [-0.15, -0.1) is 27.8 Å². The van der Waals surface area contributed by atoms with Crippen molar-refractivity contribution >= 4 is 28.6 Å². The number of aliphatic hydroxyl groups is 1. The zero-order valence-electron chi connectivity index (χ0n) is 13.2. The van der Waals surface area contributed by atoms with E-state index in [0.717, 1.165) is 14.6 Å². The molecular weight excluding hydrogens is 346 g/mol. The van der Waals surface area contributed by atoms with Gasteiger partial charge in [0, 0.05) is 27.9 Å². The average Bonchev–Trinajstić information content (AvgIpc) is 3.31. The molecule has 0 aliphatic rings. The van der Waals surface area contributed by atoms with Crippen molar-refractivity contribution in [1.82, 2.24) is 15.1 Å². The molecule has 1 atom stereocenters. The van der Waals surface area contributed by atoms with Crippen LogP contribution in [-0.4, -0.2) is 27.9 Å². The molecule has 0 saturated heterocycles. The standard InChI is InChI=1S/C16H17N3O3S2/c1-19-9-11(16(18-19)22-2)15(21)17-8-10-5-6-13(24-10)14(20)12-4-3-7-23-12/h3-7,9,14,20H,8H2,1-2H3,(H,17,21). The van der Waals surface area contributed by atoms with Gasteiger partial charge in [-0.3, -0.25) is 9.48 Å². The Kier molecular flexibility index (Phi) is 4.98. The van der Waals surface area contributed by atoms with Crippen LogP contribution in [0.25, 0.3) is 0 Å². The summed E-state index contributed by atoms with van der Waals surface area (Å²) in [5, 5.41) is 19.2. The zero-order valence-corrected chi connectivity index (χ0v) is 14.9. The van der Waals surface area contributed by atoms with Crippen LogP contribution in [0.15, 0.2) is 35.8 Å². The lowest BCUT2D eigenvalue weighted by Gasteiger charge is -2.05. The normalized spacial score (nSPS) is 12.1. The molecule has 0 saturated carbocycles. The summed E-state index contributed by atoms with van der Waals surface area (Å²) < 4.78 is 6.63. The number of thiophene rings is 2. The minimum absolute atomic E-state index is 0.242. The number of rotatable bonds is 6. The summed E-state index contributed by atoms with van der Waals surface area (Å²) in [6.07, 6.45) is 1.01. The van der Waals surface area contributed by atoms with Crippen LogP contribution in [0, 0.1) is 0 Å². The van der Waals surface area contributed by atoms with Crippen LogP contribution in [0.5, 0.6) is 5.88 Å². The Balaban J connectivity index is 1.64. The lowest BCUT2D eigenvalue weighted by Crippen LogP contribution is -2.22. The Labute approximate surface area is 147 Å². The number of aromatic nitrogens is 2. The average molecular weight is 363 g/mol. The lowest BCUT2D eigenvalue weighted by atomic mass is 10.2. The molecule has 6 nitrogen and oxygen atoms in total. The monoisotopic (exact) mass is 363 g/mol. The summed E-state index contributed by atoms with van der Waals surface area (Å²) in [5.74, 6) is 0.0590. The number of methoxy groups -OCH3 is 1. The van der Waals surface area contributed by atoms with Gasteiger partial charge in [0.15, 0.2) is 0 Å². The number of ether oxygens (including phenoxy) is 1. The summed E-state index contributed by atoms with van der Waals surface area (Å²) >= 11 is 3.00. The molecule has 3 aromatic rings. The fourth-order valence-corrected chi connectivity index (χ4v) is 4.02. The number of carbonyl (C=O) groups is 1. The third-order valence-corrected chi connectivity index (χ3v) is 5.48. The number of nitrogens with zero attached hydrogens (tertiary/aromatic N) is 2. The van der Waals surface area contributed by atoms with Crippen molar-refractivity contribution in [3.8, 4) is 5.88 Å². The Hall–Kier alpha value is -2.16. The molecule has 0 fully saturated rings. The van der Waals surface area contributed by atoms with Gasteiger partial charge in [0.1, 0.15) is 11.7 Å². The topological polar surface area (TPSA) is 76.4 Å². The molecule has 0 bridgehead atoms. The first-order chi connectivity index (χ1) is 11.6. The summed E-state index contributed by atoms with van der Waals surface area (Å²) in [6.45, 7) is 0.388. The molecule has 1 unspecified atom stereocenters. The number of aryl methyl sites for hydroxylation is 1. The highest BCUT2D eigenvalue weighted by Crippen LogP contribution is 2.30. The lowest BCUT2D eigenvalue weighted by molar-refractivity contribution is 0.0948. The van der Waals surface area contributed by atoms with Crippen molar-refractivity contribution < 1.29 is 14.6 Å². The second-order valence-electron chi connectivity index (χ2n) is 5.13. The maximum Gasteiger partial charge on any atom is 0.258 e. The first-order valence-electron chi connectivity index (χ1n) is 7.24. The van der Waals surface area contributed by atoms with E-state index < -0.39 is 6.10 Å². The Bertz CT molecular complexity index is 824. The van der Waals surface area contributed by atoms with Crippen LogP contribution in [-0.2, 0) is 13.6 Å². The number of hydrogen-bond acceptors (Lipinski definition) is 6. The molecule has 0 aliphatic heterocycles. The van der Waals surface area contributed by atoms with E-state index in [2.05, 4.69) is 10.4 Å². The fraction of sp³-hybridized carbons (Fsp3) is 0.250. The Morgan fingerprint density at radius 2 is 2.25 bits per heavy atom. The van der Waals surface area contributed by atoms with Crippen LogP contribution in [0.3, 0.4) is 0 Å². The molecule has 8 heteroatoms. The number of nitrogens with one attached hydrogen (secondary N) is 1. The van der Waals surface area contributed by atoms with E-state index in [-0.39, 0.29) is 5.91 Å². The summed E-state index contributed by atoms with van der Waals surface area (Å²) in [6, 6.07) is 7.63. The number of carbonyl (C=O) groups excluding carboxylic acids is 1. The van der Waals surface area contributed by atoms with E-state index >= 15 is 0 Å². The van der Waals surface area contributed by atoms with Crippen LogP contribution >= 0.6 is 22.7 Å². The molecule has 3 aromatic heterocycles. The van der Waals surface area contributed by atoms with E-state index in [9.17, 15) is 9.90 Å². The van der Waals surface area contributed by atoms with Crippen LogP contribution < -0.4 is 10.1 Å². The molecule has 3 rings (SSSR count). The number of hydrogen-bond donors (Lipinski definition) is 2. The number of aliphatic hydroxyl groups excluding tert-OH is 1. The second kappa shape index (κ2) is 7.16. The SMILES string of the molecule is COc1nn(C)cc1C(=O)NCc1ccc(C(O)c2cccs2)s1. The molecule has 0 aliphatic carbocycles. The van der Waals surface area contributed by atoms with Crippen molar-refractivity contribution in [2.45, 2.75) is 12.6 Å². The highest BCUT2D eigenvalue weighted by Gasteiger charge is 2.17. The van der Waals surface area contributed by atoms with Gasteiger partial charge in [-0.05, 0) is 23.6 Å².